The number of benzene rings is 1. The van der Waals surface area contributed by atoms with Gasteiger partial charge in [-0.25, -0.2) is 22.2 Å². The fraction of sp³-hybridized carbons (Fsp3) is 0.286. The van der Waals surface area contributed by atoms with Gasteiger partial charge in [0.2, 0.25) is 0 Å². The Balaban J connectivity index is 2.79. The quantitative estimate of drug-likeness (QED) is 0.697. The molecule has 1 aromatic carbocycles. The van der Waals surface area contributed by atoms with Gasteiger partial charge in [0.1, 0.15) is 23.1 Å². The average molecular weight is 312 g/mol. The molecule has 0 radical (unpaired) electrons. The highest BCUT2D eigenvalue weighted by molar-refractivity contribution is 5.54. The molecular weight excluding hydrogens is 300 g/mol. The van der Waals surface area contributed by atoms with Crippen molar-refractivity contribution in [1.29, 1.82) is 5.26 Å². The van der Waals surface area contributed by atoms with Crippen molar-refractivity contribution in [2.45, 2.75) is 26.2 Å². The number of hydrogen-bond acceptors (Lipinski definition) is 3. The minimum atomic E-state index is -1.60. The van der Waals surface area contributed by atoms with Crippen LogP contribution < -0.4 is 5.73 Å². The van der Waals surface area contributed by atoms with Gasteiger partial charge in [-0.1, -0.05) is 13.8 Å². The lowest BCUT2D eigenvalue weighted by atomic mass is 9.96. The molecule has 0 aliphatic heterocycles. The molecule has 0 saturated carbocycles. The van der Waals surface area contributed by atoms with E-state index >= 15 is 0 Å². The van der Waals surface area contributed by atoms with Crippen LogP contribution in [0.2, 0.25) is 0 Å². The van der Waals surface area contributed by atoms with Crippen LogP contribution in [0.15, 0.2) is 6.20 Å². The number of hydrogen-bond donors (Lipinski definition) is 1. The van der Waals surface area contributed by atoms with E-state index in [0.29, 0.717) is 11.1 Å². The molecular formula is C14H12F4N4. The molecule has 2 rings (SSSR count). The number of aromatic nitrogens is 2. The summed E-state index contributed by atoms with van der Waals surface area (Å²) < 4.78 is 57.1. The largest absolute Gasteiger partial charge is 0.382 e. The van der Waals surface area contributed by atoms with Crippen LogP contribution in [0.4, 0.5) is 23.4 Å². The van der Waals surface area contributed by atoms with Gasteiger partial charge in [-0.3, -0.25) is 0 Å². The highest BCUT2D eigenvalue weighted by atomic mass is 19.2. The molecule has 0 saturated heterocycles. The Labute approximate surface area is 123 Å². The number of halogens is 4. The van der Waals surface area contributed by atoms with Gasteiger partial charge in [0.25, 0.3) is 0 Å². The number of nitriles is 1. The Morgan fingerprint density at radius 3 is 2.18 bits per heavy atom. The molecule has 1 heterocycles. The van der Waals surface area contributed by atoms with E-state index in [9.17, 15) is 17.6 Å². The normalized spacial score (nSPS) is 12.2. The standard InChI is InChI=1S/C14H12F4N4/c1-3-6(2)8-9(15)11(17)13(12(18)10(8)16)22-14(20)7(4-19)5-21-22/h5-6H,3,20H2,1-2H3. The summed E-state index contributed by atoms with van der Waals surface area (Å²) in [4.78, 5) is 0. The molecule has 1 atom stereocenters. The predicted octanol–water partition coefficient (Wildman–Crippen LogP) is 3.40. The number of nitrogen functional groups attached to an aromatic ring is 1. The van der Waals surface area contributed by atoms with E-state index in [4.69, 9.17) is 11.0 Å². The molecule has 4 nitrogen and oxygen atoms in total. The molecule has 1 unspecified atom stereocenters. The van der Waals surface area contributed by atoms with Gasteiger partial charge in [-0.15, -0.1) is 0 Å². The van der Waals surface area contributed by atoms with Crippen molar-refractivity contribution in [2.75, 3.05) is 5.73 Å². The van der Waals surface area contributed by atoms with E-state index in [1.54, 1.807) is 13.0 Å². The van der Waals surface area contributed by atoms with Gasteiger partial charge in [-0.2, -0.15) is 10.4 Å². The van der Waals surface area contributed by atoms with E-state index in [2.05, 4.69) is 5.10 Å². The van der Waals surface area contributed by atoms with E-state index in [-0.39, 0.29) is 5.56 Å². The third-order valence-electron chi connectivity index (χ3n) is 3.52. The van der Waals surface area contributed by atoms with Crippen LogP contribution in [0, 0.1) is 34.6 Å². The molecule has 1 aromatic heterocycles. The lowest BCUT2D eigenvalue weighted by Gasteiger charge is -2.16. The molecule has 0 bridgehead atoms. The van der Waals surface area contributed by atoms with Crippen molar-refractivity contribution in [3.63, 3.8) is 0 Å². The molecule has 2 N–H and O–H groups in total. The van der Waals surface area contributed by atoms with Gasteiger partial charge in [0.05, 0.1) is 6.20 Å². The fourth-order valence-electron chi connectivity index (χ4n) is 2.08. The lowest BCUT2D eigenvalue weighted by molar-refractivity contribution is 0.420. The molecule has 2 aromatic rings. The van der Waals surface area contributed by atoms with Crippen molar-refractivity contribution >= 4 is 5.82 Å². The molecule has 0 fully saturated rings. The number of nitrogens with two attached hydrogens (primary N) is 1. The van der Waals surface area contributed by atoms with Crippen molar-refractivity contribution < 1.29 is 17.6 Å². The minimum absolute atomic E-state index is 0.161. The van der Waals surface area contributed by atoms with Crippen molar-refractivity contribution in [2.24, 2.45) is 0 Å². The fourth-order valence-corrected chi connectivity index (χ4v) is 2.08. The van der Waals surface area contributed by atoms with E-state index in [1.165, 1.54) is 6.92 Å². The van der Waals surface area contributed by atoms with Crippen LogP contribution >= 0.6 is 0 Å². The molecule has 22 heavy (non-hydrogen) atoms. The first kappa shape index (κ1) is 15.8. The van der Waals surface area contributed by atoms with Crippen molar-refractivity contribution in [3.8, 4) is 11.8 Å². The number of rotatable bonds is 3. The Bertz CT molecular complexity index is 747. The second-order valence-electron chi connectivity index (χ2n) is 4.79. The third-order valence-corrected chi connectivity index (χ3v) is 3.52. The zero-order valence-corrected chi connectivity index (χ0v) is 11.8. The molecule has 0 spiro atoms. The highest BCUT2D eigenvalue weighted by Gasteiger charge is 2.30. The van der Waals surface area contributed by atoms with Gasteiger partial charge >= 0.3 is 0 Å². The molecule has 116 valence electrons. The second-order valence-corrected chi connectivity index (χ2v) is 4.79. The Morgan fingerprint density at radius 1 is 1.23 bits per heavy atom. The summed E-state index contributed by atoms with van der Waals surface area (Å²) in [6, 6.07) is 1.65. The summed E-state index contributed by atoms with van der Waals surface area (Å²) in [6.07, 6.45) is 1.25. The van der Waals surface area contributed by atoms with E-state index < -0.39 is 46.3 Å². The third kappa shape index (κ3) is 2.19. The van der Waals surface area contributed by atoms with Crippen molar-refractivity contribution in [1.82, 2.24) is 9.78 Å². The second kappa shape index (κ2) is 5.67. The van der Waals surface area contributed by atoms with E-state index in [0.717, 1.165) is 6.20 Å². The van der Waals surface area contributed by atoms with Crippen LogP contribution in [-0.2, 0) is 0 Å². The van der Waals surface area contributed by atoms with Crippen LogP contribution in [0.25, 0.3) is 5.69 Å². The SMILES string of the molecule is CCC(C)c1c(F)c(F)c(-n2ncc(C#N)c2N)c(F)c1F. The Morgan fingerprint density at radius 2 is 1.77 bits per heavy atom. The lowest BCUT2D eigenvalue weighted by Crippen LogP contribution is -2.14. The van der Waals surface area contributed by atoms with Gasteiger partial charge in [-0.05, 0) is 12.3 Å². The van der Waals surface area contributed by atoms with E-state index in [1.807, 2.05) is 0 Å². The zero-order valence-electron chi connectivity index (χ0n) is 11.8. The van der Waals surface area contributed by atoms with Crippen LogP contribution in [0.3, 0.4) is 0 Å². The average Bonchev–Trinajstić information content (AvgIpc) is 2.86. The summed E-state index contributed by atoms with van der Waals surface area (Å²) in [7, 11) is 0. The first-order valence-electron chi connectivity index (χ1n) is 6.44. The topological polar surface area (TPSA) is 67.6 Å². The first-order chi connectivity index (χ1) is 10.3. The molecule has 0 aliphatic carbocycles. The summed E-state index contributed by atoms with van der Waals surface area (Å²) in [5, 5.41) is 12.3. The highest BCUT2D eigenvalue weighted by Crippen LogP contribution is 2.33. The molecule has 0 amide bonds. The number of anilines is 1. The summed E-state index contributed by atoms with van der Waals surface area (Å²) >= 11 is 0. The summed E-state index contributed by atoms with van der Waals surface area (Å²) in [5.74, 6) is -7.30. The number of nitrogens with zero attached hydrogens (tertiary/aromatic N) is 3. The van der Waals surface area contributed by atoms with Gasteiger partial charge in [0.15, 0.2) is 23.3 Å². The van der Waals surface area contributed by atoms with Gasteiger partial charge in [0, 0.05) is 5.56 Å². The van der Waals surface area contributed by atoms with Gasteiger partial charge < -0.3 is 5.73 Å². The maximum atomic E-state index is 14.2. The molecule has 0 aliphatic rings. The first-order valence-corrected chi connectivity index (χ1v) is 6.44. The van der Waals surface area contributed by atoms with Crippen LogP contribution in [0.1, 0.15) is 37.3 Å². The zero-order chi connectivity index (χ0) is 16.6. The maximum absolute atomic E-state index is 14.2. The minimum Gasteiger partial charge on any atom is -0.382 e. The molecule has 8 heteroatoms. The Kier molecular flexibility index (Phi) is 4.08. The summed E-state index contributed by atoms with van der Waals surface area (Å²) in [6.45, 7) is 3.09. The predicted molar refractivity (Wildman–Crippen MR) is 71.2 cm³/mol. The van der Waals surface area contributed by atoms with Crippen LogP contribution in [-0.4, -0.2) is 9.78 Å². The smallest absolute Gasteiger partial charge is 0.188 e. The summed E-state index contributed by atoms with van der Waals surface area (Å²) in [5.41, 5.74) is 3.60. The Hall–Kier alpha value is -2.56. The maximum Gasteiger partial charge on any atom is 0.188 e. The monoisotopic (exact) mass is 312 g/mol. The van der Waals surface area contributed by atoms with Crippen molar-refractivity contribution in [3.05, 3.63) is 40.6 Å². The van der Waals surface area contributed by atoms with Crippen LogP contribution in [0.5, 0.6) is 0 Å².